The van der Waals surface area contributed by atoms with Crippen LogP contribution in [0.15, 0.2) is 15.9 Å². The molecule has 90 valence electrons. The molecule has 2 nitrogen and oxygen atoms in total. The van der Waals surface area contributed by atoms with E-state index in [-0.39, 0.29) is 6.54 Å². The third kappa shape index (κ3) is 2.94. The van der Waals surface area contributed by atoms with Crippen molar-refractivity contribution < 1.29 is 22.4 Å². The van der Waals surface area contributed by atoms with Crippen LogP contribution in [0.25, 0.3) is 0 Å². The summed E-state index contributed by atoms with van der Waals surface area (Å²) < 4.78 is 49.2. The third-order valence-corrected chi connectivity index (χ3v) is 3.60. The van der Waals surface area contributed by atoms with Gasteiger partial charge in [0, 0.05) is 9.35 Å². The van der Waals surface area contributed by atoms with E-state index in [4.69, 9.17) is 0 Å². The maximum absolute atomic E-state index is 12.5. The van der Waals surface area contributed by atoms with E-state index in [1.807, 2.05) is 0 Å². The lowest BCUT2D eigenvalue weighted by atomic mass is 10.3. The Morgan fingerprint density at radius 2 is 2.19 bits per heavy atom. The first-order valence-electron chi connectivity index (χ1n) is 4.02. The van der Waals surface area contributed by atoms with Gasteiger partial charge in [-0.3, -0.25) is 4.79 Å². The minimum atomic E-state index is -4.65. The molecule has 1 heterocycles. The number of alkyl halides is 4. The van der Waals surface area contributed by atoms with Crippen molar-refractivity contribution in [2.24, 2.45) is 0 Å². The van der Waals surface area contributed by atoms with Gasteiger partial charge in [-0.25, -0.2) is 8.78 Å². The molecule has 0 radical (unpaired) electrons. The van der Waals surface area contributed by atoms with Crippen LogP contribution in [0, 0.1) is 0 Å². The van der Waals surface area contributed by atoms with Gasteiger partial charge in [0.05, 0.1) is 6.54 Å². The molecule has 1 aromatic heterocycles. The molecule has 0 aliphatic carbocycles. The number of thiophene rings is 1. The van der Waals surface area contributed by atoms with Crippen LogP contribution < -0.4 is 5.32 Å². The van der Waals surface area contributed by atoms with Crippen LogP contribution in [-0.2, 0) is 11.3 Å². The highest BCUT2D eigenvalue weighted by atomic mass is 79.9. The fraction of sp³-hybridized carbons (Fsp3) is 0.375. The van der Waals surface area contributed by atoms with E-state index in [0.717, 1.165) is 0 Å². The van der Waals surface area contributed by atoms with E-state index >= 15 is 0 Å². The average Bonchev–Trinajstić information content (AvgIpc) is 2.60. The van der Waals surface area contributed by atoms with E-state index in [0.29, 0.717) is 9.35 Å². The molecule has 0 fully saturated rings. The highest BCUT2D eigenvalue weighted by Crippen LogP contribution is 2.25. The molecule has 1 rings (SSSR count). The Balaban J connectivity index is 2.57. The quantitative estimate of drug-likeness (QED) is 0.849. The van der Waals surface area contributed by atoms with Gasteiger partial charge in [-0.2, -0.15) is 8.78 Å². The third-order valence-electron chi connectivity index (χ3n) is 1.68. The minimum absolute atomic E-state index is 0.209. The normalized spacial score (nSPS) is 11.9. The van der Waals surface area contributed by atoms with Gasteiger partial charge >= 0.3 is 12.3 Å². The Bertz CT molecular complexity index is 382. The zero-order valence-electron chi connectivity index (χ0n) is 7.65. The molecule has 0 aromatic carbocycles. The van der Waals surface area contributed by atoms with Crippen LogP contribution in [-0.4, -0.2) is 18.3 Å². The summed E-state index contributed by atoms with van der Waals surface area (Å²) in [6.07, 6.45) is -4.00. The predicted octanol–water partition coefficient (Wildman–Crippen LogP) is 3.03. The number of nitrogens with one attached hydrogen (secondary N) is 1. The van der Waals surface area contributed by atoms with Crippen LogP contribution in [0.1, 0.15) is 4.88 Å². The van der Waals surface area contributed by atoms with Gasteiger partial charge in [0.15, 0.2) is 0 Å². The van der Waals surface area contributed by atoms with Gasteiger partial charge in [-0.05, 0) is 27.4 Å². The van der Waals surface area contributed by atoms with E-state index in [1.54, 1.807) is 16.8 Å². The molecular weight excluding hydrogens is 314 g/mol. The van der Waals surface area contributed by atoms with Crippen molar-refractivity contribution in [2.75, 3.05) is 0 Å². The van der Waals surface area contributed by atoms with Crippen LogP contribution >= 0.6 is 27.3 Å². The number of rotatable bonds is 4. The molecule has 0 unspecified atom stereocenters. The highest BCUT2D eigenvalue weighted by Gasteiger charge is 2.48. The van der Waals surface area contributed by atoms with Gasteiger partial charge in [-0.1, -0.05) is 0 Å². The molecule has 8 heteroatoms. The van der Waals surface area contributed by atoms with Crippen LogP contribution in [0.2, 0.25) is 0 Å². The first-order chi connectivity index (χ1) is 7.35. The average molecular weight is 320 g/mol. The molecule has 0 aliphatic heterocycles. The lowest BCUT2D eigenvalue weighted by molar-refractivity contribution is -0.169. The second-order valence-electron chi connectivity index (χ2n) is 2.80. The van der Waals surface area contributed by atoms with Gasteiger partial charge in [0.1, 0.15) is 0 Å². The minimum Gasteiger partial charge on any atom is -0.346 e. The van der Waals surface area contributed by atoms with Crippen molar-refractivity contribution >= 4 is 33.2 Å². The number of amides is 1. The Labute approximate surface area is 101 Å². The number of carbonyl (C=O) groups is 1. The largest absolute Gasteiger partial charge is 0.383 e. The Kier molecular flexibility index (Phi) is 4.31. The van der Waals surface area contributed by atoms with Crippen LogP contribution in [0.5, 0.6) is 0 Å². The molecule has 0 bridgehead atoms. The van der Waals surface area contributed by atoms with Gasteiger partial charge in [0.25, 0.3) is 5.91 Å². The fourth-order valence-electron chi connectivity index (χ4n) is 0.829. The van der Waals surface area contributed by atoms with E-state index in [2.05, 4.69) is 15.9 Å². The lowest BCUT2D eigenvalue weighted by Crippen LogP contribution is -2.44. The highest BCUT2D eigenvalue weighted by molar-refractivity contribution is 9.10. The molecule has 0 spiro atoms. The first kappa shape index (κ1) is 13.4. The van der Waals surface area contributed by atoms with E-state index in [1.165, 1.54) is 11.3 Å². The van der Waals surface area contributed by atoms with E-state index < -0.39 is 18.3 Å². The molecular formula is C8H6BrF4NOS. The molecule has 1 aromatic rings. The lowest BCUT2D eigenvalue weighted by Gasteiger charge is -2.14. The SMILES string of the molecule is O=C(NCc1sccc1Br)C(F)(F)C(F)F. The molecule has 1 amide bonds. The Morgan fingerprint density at radius 3 is 2.62 bits per heavy atom. The summed E-state index contributed by atoms with van der Waals surface area (Å²) >= 11 is 4.34. The van der Waals surface area contributed by atoms with Crippen molar-refractivity contribution in [3.63, 3.8) is 0 Å². The standard InChI is InChI=1S/C8H6BrF4NOS/c9-4-1-2-16-5(4)3-14-7(15)8(12,13)6(10)11/h1-2,6H,3H2,(H,14,15). The summed E-state index contributed by atoms with van der Waals surface area (Å²) in [5, 5.41) is 3.44. The molecule has 16 heavy (non-hydrogen) atoms. The zero-order chi connectivity index (χ0) is 12.3. The molecule has 0 saturated carbocycles. The number of hydrogen-bond acceptors (Lipinski definition) is 2. The monoisotopic (exact) mass is 319 g/mol. The van der Waals surface area contributed by atoms with Crippen molar-refractivity contribution in [3.8, 4) is 0 Å². The molecule has 0 atom stereocenters. The van der Waals surface area contributed by atoms with Gasteiger partial charge in [-0.15, -0.1) is 11.3 Å². The number of carbonyl (C=O) groups excluding carboxylic acids is 1. The van der Waals surface area contributed by atoms with Gasteiger partial charge < -0.3 is 5.32 Å². The summed E-state index contributed by atoms with van der Waals surface area (Å²) in [6, 6.07) is 1.66. The Hall–Kier alpha value is -0.630. The van der Waals surface area contributed by atoms with Crippen molar-refractivity contribution in [1.29, 1.82) is 0 Å². The summed E-state index contributed by atoms with van der Waals surface area (Å²) in [4.78, 5) is 11.3. The smallest absolute Gasteiger partial charge is 0.346 e. The number of hydrogen-bond donors (Lipinski definition) is 1. The second kappa shape index (κ2) is 5.13. The van der Waals surface area contributed by atoms with E-state index in [9.17, 15) is 22.4 Å². The first-order valence-corrected chi connectivity index (χ1v) is 5.69. The van der Waals surface area contributed by atoms with Crippen molar-refractivity contribution in [1.82, 2.24) is 5.32 Å². The summed E-state index contributed by atoms with van der Waals surface area (Å²) in [7, 11) is 0. The summed E-state index contributed by atoms with van der Waals surface area (Å²) in [6.45, 7) is -0.209. The number of halogens is 5. The Morgan fingerprint density at radius 1 is 1.56 bits per heavy atom. The second-order valence-corrected chi connectivity index (χ2v) is 4.65. The molecule has 0 aliphatic rings. The summed E-state index contributed by atoms with van der Waals surface area (Å²) in [5.74, 6) is -6.62. The molecule has 0 saturated heterocycles. The summed E-state index contributed by atoms with van der Waals surface area (Å²) in [5.41, 5.74) is 0. The predicted molar refractivity (Wildman–Crippen MR) is 54.8 cm³/mol. The van der Waals surface area contributed by atoms with Crippen LogP contribution in [0.3, 0.4) is 0 Å². The fourth-order valence-corrected chi connectivity index (χ4v) is 2.26. The van der Waals surface area contributed by atoms with Crippen molar-refractivity contribution in [2.45, 2.75) is 18.9 Å². The van der Waals surface area contributed by atoms with Crippen molar-refractivity contribution in [3.05, 3.63) is 20.8 Å². The maximum atomic E-state index is 12.5. The molecule has 1 N–H and O–H groups in total. The topological polar surface area (TPSA) is 29.1 Å². The maximum Gasteiger partial charge on any atom is 0.383 e. The van der Waals surface area contributed by atoms with Gasteiger partial charge in [0.2, 0.25) is 0 Å². The zero-order valence-corrected chi connectivity index (χ0v) is 10.0. The van der Waals surface area contributed by atoms with Crippen LogP contribution in [0.4, 0.5) is 17.6 Å².